The highest BCUT2D eigenvalue weighted by Crippen LogP contribution is 2.48. The van der Waals surface area contributed by atoms with Crippen LogP contribution in [-0.2, 0) is 9.59 Å². The van der Waals surface area contributed by atoms with Crippen LogP contribution in [0.3, 0.4) is 0 Å². The van der Waals surface area contributed by atoms with Gasteiger partial charge in [0.25, 0.3) is 0 Å². The fraction of sp³-hybridized carbons (Fsp3) is 0.875. The third-order valence-electron chi connectivity index (χ3n) is 5.58. The van der Waals surface area contributed by atoms with Crippen molar-refractivity contribution >= 4 is 11.8 Å². The third-order valence-corrected chi connectivity index (χ3v) is 5.58. The zero-order valence-electron chi connectivity index (χ0n) is 12.8. The van der Waals surface area contributed by atoms with Crippen LogP contribution in [0.15, 0.2) is 0 Å². The van der Waals surface area contributed by atoms with Crippen molar-refractivity contribution in [1.29, 1.82) is 0 Å². The molecule has 4 atom stereocenters. The molecule has 4 heteroatoms. The molecule has 0 aromatic carbocycles. The van der Waals surface area contributed by atoms with Gasteiger partial charge in [-0.1, -0.05) is 6.42 Å². The highest BCUT2D eigenvalue weighted by molar-refractivity contribution is 5.93. The number of fused-ring (bicyclic) bond motifs is 2. The molecule has 4 nitrogen and oxygen atoms in total. The van der Waals surface area contributed by atoms with Gasteiger partial charge < -0.3 is 10.2 Å². The molecule has 1 saturated heterocycles. The number of amides is 2. The van der Waals surface area contributed by atoms with Gasteiger partial charge in [0.2, 0.25) is 11.8 Å². The Morgan fingerprint density at radius 3 is 2.60 bits per heavy atom. The Morgan fingerprint density at radius 1 is 1.25 bits per heavy atom. The van der Waals surface area contributed by atoms with Crippen molar-refractivity contribution in [3.8, 4) is 0 Å². The fourth-order valence-corrected chi connectivity index (χ4v) is 4.51. The lowest BCUT2D eigenvalue weighted by Crippen LogP contribution is -2.54. The SMILES string of the molecule is CC1CC(=O)NC(C)(C)C(=O)N1CC1CC2CCC1C2. The van der Waals surface area contributed by atoms with Crippen LogP contribution >= 0.6 is 0 Å². The molecule has 0 aromatic rings. The first kappa shape index (κ1) is 13.9. The summed E-state index contributed by atoms with van der Waals surface area (Å²) in [5.74, 6) is 2.44. The van der Waals surface area contributed by atoms with Crippen molar-refractivity contribution in [2.45, 2.75) is 64.5 Å². The summed E-state index contributed by atoms with van der Waals surface area (Å²) in [6, 6.07) is 0.0170. The van der Waals surface area contributed by atoms with Crippen molar-refractivity contribution in [2.24, 2.45) is 17.8 Å². The van der Waals surface area contributed by atoms with E-state index in [2.05, 4.69) is 5.32 Å². The maximum atomic E-state index is 12.7. The van der Waals surface area contributed by atoms with Crippen molar-refractivity contribution < 1.29 is 9.59 Å². The topological polar surface area (TPSA) is 49.4 Å². The number of carbonyl (C=O) groups excluding carboxylic acids is 2. The van der Waals surface area contributed by atoms with E-state index in [9.17, 15) is 9.59 Å². The highest BCUT2D eigenvalue weighted by atomic mass is 16.2. The van der Waals surface area contributed by atoms with E-state index in [-0.39, 0.29) is 17.9 Å². The molecule has 1 N–H and O–H groups in total. The predicted molar refractivity (Wildman–Crippen MR) is 77.0 cm³/mol. The van der Waals surface area contributed by atoms with E-state index in [0.29, 0.717) is 12.3 Å². The Kier molecular flexibility index (Phi) is 3.30. The molecule has 2 bridgehead atoms. The summed E-state index contributed by atoms with van der Waals surface area (Å²) in [6.07, 6.45) is 5.79. The number of nitrogens with zero attached hydrogens (tertiary/aromatic N) is 1. The second kappa shape index (κ2) is 4.74. The van der Waals surface area contributed by atoms with Gasteiger partial charge in [-0.05, 0) is 57.8 Å². The molecule has 0 radical (unpaired) electrons. The lowest BCUT2D eigenvalue weighted by atomic mass is 9.87. The Labute approximate surface area is 121 Å². The molecular formula is C16H26N2O2. The molecule has 0 spiro atoms. The molecule has 0 aromatic heterocycles. The molecule has 4 unspecified atom stereocenters. The van der Waals surface area contributed by atoms with Gasteiger partial charge in [0.05, 0.1) is 0 Å². The second-order valence-electron chi connectivity index (χ2n) is 7.62. The molecule has 1 aliphatic heterocycles. The average Bonchev–Trinajstić information content (AvgIpc) is 2.93. The third kappa shape index (κ3) is 2.33. The Hall–Kier alpha value is -1.06. The molecule has 3 aliphatic rings. The minimum absolute atomic E-state index is 0.00806. The van der Waals surface area contributed by atoms with Gasteiger partial charge in [-0.3, -0.25) is 9.59 Å². The standard InChI is InChI=1S/C16H26N2O2/c1-10-6-14(19)17-16(2,3)15(20)18(10)9-13-8-11-4-5-12(13)7-11/h10-13H,4-9H2,1-3H3,(H,17,19). The molecule has 1 heterocycles. The summed E-state index contributed by atoms with van der Waals surface area (Å²) in [5.41, 5.74) is -0.764. The Balaban J connectivity index is 1.75. The lowest BCUT2D eigenvalue weighted by molar-refractivity contribution is -0.139. The summed E-state index contributed by atoms with van der Waals surface area (Å²) in [5, 5.41) is 2.86. The minimum Gasteiger partial charge on any atom is -0.342 e. The van der Waals surface area contributed by atoms with Crippen LogP contribution in [-0.4, -0.2) is 34.8 Å². The summed E-state index contributed by atoms with van der Waals surface area (Å²) in [4.78, 5) is 26.6. The maximum Gasteiger partial charge on any atom is 0.248 e. The van der Waals surface area contributed by atoms with Gasteiger partial charge in [0, 0.05) is 19.0 Å². The van der Waals surface area contributed by atoms with Gasteiger partial charge >= 0.3 is 0 Å². The zero-order valence-corrected chi connectivity index (χ0v) is 12.8. The van der Waals surface area contributed by atoms with Crippen LogP contribution in [0.2, 0.25) is 0 Å². The van der Waals surface area contributed by atoms with Crippen molar-refractivity contribution in [2.75, 3.05) is 6.54 Å². The number of hydrogen-bond donors (Lipinski definition) is 1. The smallest absolute Gasteiger partial charge is 0.248 e. The van der Waals surface area contributed by atoms with E-state index in [1.165, 1.54) is 25.7 Å². The Morgan fingerprint density at radius 2 is 2.00 bits per heavy atom. The van der Waals surface area contributed by atoms with E-state index in [0.717, 1.165) is 18.4 Å². The van der Waals surface area contributed by atoms with E-state index < -0.39 is 5.54 Å². The average molecular weight is 278 g/mol. The van der Waals surface area contributed by atoms with Crippen LogP contribution in [0, 0.1) is 17.8 Å². The molecule has 2 saturated carbocycles. The summed E-state index contributed by atoms with van der Waals surface area (Å²) in [7, 11) is 0. The van der Waals surface area contributed by atoms with E-state index in [1.54, 1.807) is 0 Å². The number of rotatable bonds is 2. The van der Waals surface area contributed by atoms with Gasteiger partial charge in [-0.2, -0.15) is 0 Å². The zero-order chi connectivity index (χ0) is 14.5. The first-order valence-electron chi connectivity index (χ1n) is 7.99. The maximum absolute atomic E-state index is 12.7. The van der Waals surface area contributed by atoms with Gasteiger partial charge in [0.15, 0.2) is 0 Å². The predicted octanol–water partition coefficient (Wildman–Crippen LogP) is 1.94. The van der Waals surface area contributed by atoms with E-state index >= 15 is 0 Å². The monoisotopic (exact) mass is 278 g/mol. The van der Waals surface area contributed by atoms with Crippen LogP contribution in [0.25, 0.3) is 0 Å². The molecule has 2 aliphatic carbocycles. The summed E-state index contributed by atoms with van der Waals surface area (Å²) >= 11 is 0. The molecule has 2 amide bonds. The van der Waals surface area contributed by atoms with Gasteiger partial charge in [-0.25, -0.2) is 0 Å². The fourth-order valence-electron chi connectivity index (χ4n) is 4.51. The first-order valence-corrected chi connectivity index (χ1v) is 7.99. The summed E-state index contributed by atoms with van der Waals surface area (Å²) in [6.45, 7) is 6.49. The van der Waals surface area contributed by atoms with Crippen LogP contribution in [0.1, 0.15) is 52.9 Å². The first-order chi connectivity index (χ1) is 9.37. The second-order valence-corrected chi connectivity index (χ2v) is 7.62. The highest BCUT2D eigenvalue weighted by Gasteiger charge is 2.44. The van der Waals surface area contributed by atoms with Crippen molar-refractivity contribution in [3.05, 3.63) is 0 Å². The molecule has 20 heavy (non-hydrogen) atoms. The minimum atomic E-state index is -0.764. The van der Waals surface area contributed by atoms with Crippen molar-refractivity contribution in [1.82, 2.24) is 10.2 Å². The number of hydrogen-bond acceptors (Lipinski definition) is 2. The summed E-state index contributed by atoms with van der Waals surface area (Å²) < 4.78 is 0. The lowest BCUT2D eigenvalue weighted by Gasteiger charge is -2.36. The number of carbonyl (C=O) groups is 2. The molecular weight excluding hydrogens is 252 g/mol. The molecule has 3 rings (SSSR count). The number of nitrogens with one attached hydrogen (secondary N) is 1. The quantitative estimate of drug-likeness (QED) is 0.839. The van der Waals surface area contributed by atoms with Gasteiger partial charge in [0.1, 0.15) is 5.54 Å². The van der Waals surface area contributed by atoms with Crippen molar-refractivity contribution in [3.63, 3.8) is 0 Å². The largest absolute Gasteiger partial charge is 0.342 e. The normalized spacial score (nSPS) is 39.9. The van der Waals surface area contributed by atoms with E-state index in [4.69, 9.17) is 0 Å². The van der Waals surface area contributed by atoms with E-state index in [1.807, 2.05) is 25.7 Å². The molecule has 3 fully saturated rings. The van der Waals surface area contributed by atoms with Gasteiger partial charge in [-0.15, -0.1) is 0 Å². The van der Waals surface area contributed by atoms with Crippen LogP contribution < -0.4 is 5.32 Å². The Bertz CT molecular complexity index is 432. The van der Waals surface area contributed by atoms with Crippen LogP contribution in [0.4, 0.5) is 0 Å². The molecule has 112 valence electrons. The van der Waals surface area contributed by atoms with Crippen LogP contribution in [0.5, 0.6) is 0 Å².